The van der Waals surface area contributed by atoms with Gasteiger partial charge in [-0.1, -0.05) is 29.3 Å². The maximum atomic E-state index is 14.3. The summed E-state index contributed by atoms with van der Waals surface area (Å²) in [4.78, 5) is 14.7. The van der Waals surface area contributed by atoms with Gasteiger partial charge in [-0.3, -0.25) is 4.79 Å². The minimum Gasteiger partial charge on any atom is -0.481 e. The number of hydrogen-bond acceptors (Lipinski definition) is 3. The summed E-state index contributed by atoms with van der Waals surface area (Å²) in [6.45, 7) is 5.54. The van der Waals surface area contributed by atoms with Crippen molar-refractivity contribution in [2.45, 2.75) is 40.0 Å². The van der Waals surface area contributed by atoms with Crippen molar-refractivity contribution in [3.05, 3.63) is 87.0 Å². The number of benzene rings is 2. The van der Waals surface area contributed by atoms with Gasteiger partial charge in [0.25, 0.3) is 5.91 Å². The van der Waals surface area contributed by atoms with Crippen molar-refractivity contribution in [2.24, 2.45) is 0 Å². The molecule has 1 unspecified atom stereocenters. The Hall–Kier alpha value is -2.50. The summed E-state index contributed by atoms with van der Waals surface area (Å²) < 4.78 is 25.6. The Bertz CT molecular complexity index is 994. The molecule has 1 amide bonds. The molecule has 0 radical (unpaired) electrons. The van der Waals surface area contributed by atoms with Crippen LogP contribution in [0, 0.1) is 19.7 Å². The Labute approximate surface area is 185 Å². The number of hydrogen-bond donors (Lipinski definition) is 0. The molecule has 1 atom stereocenters. The Balaban J connectivity index is 1.84. The molecule has 0 saturated heterocycles. The maximum Gasteiger partial charge on any atom is 0.264 e. The quantitative estimate of drug-likeness (QED) is 0.422. The van der Waals surface area contributed by atoms with Gasteiger partial charge in [0, 0.05) is 15.6 Å². The third-order valence-corrected chi connectivity index (χ3v) is 5.67. The fourth-order valence-corrected chi connectivity index (χ4v) is 3.49. The first kappa shape index (κ1) is 22.2. The smallest absolute Gasteiger partial charge is 0.264 e. The number of halogens is 3. The highest BCUT2D eigenvalue weighted by molar-refractivity contribution is 6.32. The van der Waals surface area contributed by atoms with Crippen LogP contribution in [0.3, 0.4) is 0 Å². The molecule has 3 rings (SSSR count). The van der Waals surface area contributed by atoms with Gasteiger partial charge in [0.1, 0.15) is 17.3 Å². The Morgan fingerprint density at radius 3 is 2.43 bits per heavy atom. The summed E-state index contributed by atoms with van der Waals surface area (Å²) in [5, 5.41) is 0.916. The number of ether oxygens (including phenoxy) is 1. The standard InChI is InChI=1S/C23H22Cl2FNO3/c1-14-10-18(11-15(2)22(14)25)30-16(3)23(28)27(12-17-6-5-9-29-17)13-19-20(24)7-4-8-21(19)26/h4-11,16H,12-13H2,1-3H3. The molecular weight excluding hydrogens is 428 g/mol. The highest BCUT2D eigenvalue weighted by Gasteiger charge is 2.25. The second kappa shape index (κ2) is 9.54. The predicted molar refractivity (Wildman–Crippen MR) is 115 cm³/mol. The van der Waals surface area contributed by atoms with E-state index in [2.05, 4.69) is 0 Å². The number of aryl methyl sites for hydroxylation is 2. The molecule has 0 aliphatic carbocycles. The van der Waals surface area contributed by atoms with Gasteiger partial charge in [0.2, 0.25) is 0 Å². The van der Waals surface area contributed by atoms with Crippen LogP contribution in [0.25, 0.3) is 0 Å². The summed E-state index contributed by atoms with van der Waals surface area (Å²) in [6, 6.07) is 11.5. The predicted octanol–water partition coefficient (Wildman–Crippen LogP) is 6.34. The van der Waals surface area contributed by atoms with Gasteiger partial charge in [-0.15, -0.1) is 0 Å². The lowest BCUT2D eigenvalue weighted by molar-refractivity contribution is -0.139. The first-order chi connectivity index (χ1) is 14.3. The molecule has 4 nitrogen and oxygen atoms in total. The van der Waals surface area contributed by atoms with E-state index in [1.807, 2.05) is 13.8 Å². The van der Waals surface area contributed by atoms with Crippen LogP contribution < -0.4 is 4.74 Å². The number of nitrogens with zero attached hydrogens (tertiary/aromatic N) is 1. The van der Waals surface area contributed by atoms with Crippen LogP contribution in [0.15, 0.2) is 53.1 Å². The van der Waals surface area contributed by atoms with Gasteiger partial charge in [0.05, 0.1) is 19.4 Å². The number of rotatable bonds is 7. The second-order valence-electron chi connectivity index (χ2n) is 7.11. The average Bonchev–Trinajstić information content (AvgIpc) is 3.20. The van der Waals surface area contributed by atoms with E-state index in [9.17, 15) is 9.18 Å². The molecule has 1 aromatic heterocycles. The van der Waals surface area contributed by atoms with E-state index in [-0.39, 0.29) is 29.6 Å². The van der Waals surface area contributed by atoms with E-state index >= 15 is 0 Å². The van der Waals surface area contributed by atoms with Crippen molar-refractivity contribution in [3.63, 3.8) is 0 Å². The SMILES string of the molecule is Cc1cc(OC(C)C(=O)N(Cc2ccco2)Cc2c(F)cccc2Cl)cc(C)c1Cl. The highest BCUT2D eigenvalue weighted by Crippen LogP contribution is 2.27. The van der Waals surface area contributed by atoms with E-state index in [0.717, 1.165) is 11.1 Å². The highest BCUT2D eigenvalue weighted by atomic mass is 35.5. The molecule has 1 heterocycles. The van der Waals surface area contributed by atoms with Crippen LogP contribution in [-0.4, -0.2) is 16.9 Å². The van der Waals surface area contributed by atoms with E-state index in [1.54, 1.807) is 37.3 Å². The van der Waals surface area contributed by atoms with Crippen molar-refractivity contribution in [3.8, 4) is 5.75 Å². The fraction of sp³-hybridized carbons (Fsp3) is 0.261. The van der Waals surface area contributed by atoms with Gasteiger partial charge >= 0.3 is 0 Å². The van der Waals surface area contributed by atoms with Crippen molar-refractivity contribution >= 4 is 29.1 Å². The summed E-state index contributed by atoms with van der Waals surface area (Å²) in [7, 11) is 0. The van der Waals surface area contributed by atoms with Gasteiger partial charge < -0.3 is 14.1 Å². The lowest BCUT2D eigenvalue weighted by Gasteiger charge is -2.26. The van der Waals surface area contributed by atoms with Crippen molar-refractivity contribution in [1.82, 2.24) is 4.90 Å². The monoisotopic (exact) mass is 449 g/mol. The summed E-state index contributed by atoms with van der Waals surface area (Å²) in [6.07, 6.45) is 0.707. The Morgan fingerprint density at radius 2 is 1.83 bits per heavy atom. The second-order valence-corrected chi connectivity index (χ2v) is 7.89. The zero-order valence-electron chi connectivity index (χ0n) is 16.9. The van der Waals surface area contributed by atoms with Gasteiger partial charge in [-0.25, -0.2) is 4.39 Å². The van der Waals surface area contributed by atoms with Crippen LogP contribution in [0.5, 0.6) is 5.75 Å². The molecule has 30 heavy (non-hydrogen) atoms. The van der Waals surface area contributed by atoms with Crippen LogP contribution >= 0.6 is 23.2 Å². The molecule has 0 spiro atoms. The molecule has 0 saturated carbocycles. The molecule has 2 aromatic carbocycles. The van der Waals surface area contributed by atoms with Crippen molar-refractivity contribution in [1.29, 1.82) is 0 Å². The Kier molecular flexibility index (Phi) is 7.06. The largest absolute Gasteiger partial charge is 0.481 e. The minimum atomic E-state index is -0.814. The topological polar surface area (TPSA) is 42.7 Å². The van der Waals surface area contributed by atoms with Crippen LogP contribution in [0.1, 0.15) is 29.4 Å². The third kappa shape index (κ3) is 5.15. The molecule has 3 aromatic rings. The normalized spacial score (nSPS) is 11.9. The molecule has 0 aliphatic heterocycles. The van der Waals surface area contributed by atoms with Gasteiger partial charge in [-0.2, -0.15) is 0 Å². The lowest BCUT2D eigenvalue weighted by Crippen LogP contribution is -2.40. The minimum absolute atomic E-state index is 0.0165. The van der Waals surface area contributed by atoms with E-state index in [0.29, 0.717) is 16.5 Å². The van der Waals surface area contributed by atoms with E-state index in [1.165, 1.54) is 23.3 Å². The average molecular weight is 450 g/mol. The van der Waals surface area contributed by atoms with Crippen molar-refractivity contribution < 1.29 is 18.3 Å². The number of furan rings is 1. The summed E-state index contributed by atoms with van der Waals surface area (Å²) >= 11 is 12.4. The molecule has 7 heteroatoms. The van der Waals surface area contributed by atoms with Crippen LogP contribution in [0.4, 0.5) is 4.39 Å². The molecule has 0 fully saturated rings. The van der Waals surface area contributed by atoms with Gasteiger partial charge in [0.15, 0.2) is 6.10 Å². The van der Waals surface area contributed by atoms with E-state index < -0.39 is 11.9 Å². The lowest BCUT2D eigenvalue weighted by atomic mass is 10.1. The molecule has 0 N–H and O–H groups in total. The molecule has 0 bridgehead atoms. The Morgan fingerprint density at radius 1 is 1.13 bits per heavy atom. The maximum absolute atomic E-state index is 14.3. The number of carbonyl (C=O) groups excluding carboxylic acids is 1. The first-order valence-electron chi connectivity index (χ1n) is 9.43. The fourth-order valence-electron chi connectivity index (χ4n) is 3.16. The molecular formula is C23H22Cl2FNO3. The van der Waals surface area contributed by atoms with Crippen LogP contribution in [0.2, 0.25) is 10.0 Å². The van der Waals surface area contributed by atoms with Crippen molar-refractivity contribution in [2.75, 3.05) is 0 Å². The van der Waals surface area contributed by atoms with Crippen LogP contribution in [-0.2, 0) is 17.9 Å². The summed E-state index contributed by atoms with van der Waals surface area (Å²) in [5.41, 5.74) is 1.96. The molecule has 158 valence electrons. The van der Waals surface area contributed by atoms with E-state index in [4.69, 9.17) is 32.4 Å². The number of amides is 1. The zero-order chi connectivity index (χ0) is 21.8. The van der Waals surface area contributed by atoms with Gasteiger partial charge in [-0.05, 0) is 68.3 Å². The molecule has 0 aliphatic rings. The first-order valence-corrected chi connectivity index (χ1v) is 10.2. The number of carbonyl (C=O) groups is 1. The third-order valence-electron chi connectivity index (χ3n) is 4.72. The zero-order valence-corrected chi connectivity index (χ0v) is 18.4. The summed E-state index contributed by atoms with van der Waals surface area (Å²) in [5.74, 6) is 0.312.